The number of unbranched alkanes of at least 4 members (excludes halogenated alkanes) is 9. The lowest BCUT2D eigenvalue weighted by Gasteiger charge is -2.40. The molecule has 0 aliphatic carbocycles. The van der Waals surface area contributed by atoms with E-state index in [2.05, 4.69) is 20.4 Å². The quantitative estimate of drug-likeness (QED) is 0.139. The van der Waals surface area contributed by atoms with E-state index in [1.54, 1.807) is 6.92 Å². The van der Waals surface area contributed by atoms with Gasteiger partial charge in [-0.15, -0.1) is 0 Å². The van der Waals surface area contributed by atoms with Crippen molar-refractivity contribution in [3.63, 3.8) is 0 Å². The van der Waals surface area contributed by atoms with E-state index in [1.807, 2.05) is 0 Å². The van der Waals surface area contributed by atoms with Crippen molar-refractivity contribution in [3.8, 4) is 0 Å². The number of rotatable bonds is 20. The summed E-state index contributed by atoms with van der Waals surface area (Å²) in [6, 6.07) is 0. The Labute approximate surface area is 184 Å². The predicted molar refractivity (Wildman–Crippen MR) is 122 cm³/mol. The van der Waals surface area contributed by atoms with Gasteiger partial charge in [0, 0.05) is 17.6 Å². The highest BCUT2D eigenvalue weighted by atomic mass is 16.6. The Bertz CT molecular complexity index is 453. The van der Waals surface area contributed by atoms with Gasteiger partial charge in [0.25, 0.3) is 0 Å². The van der Waals surface area contributed by atoms with Gasteiger partial charge in [-0.3, -0.25) is 0 Å². The van der Waals surface area contributed by atoms with E-state index in [4.69, 9.17) is 18.9 Å². The van der Waals surface area contributed by atoms with Crippen molar-refractivity contribution >= 4 is 5.97 Å². The third kappa shape index (κ3) is 12.1. The molecular weight excluding hydrogens is 380 g/mol. The molecule has 1 aliphatic rings. The van der Waals surface area contributed by atoms with Gasteiger partial charge in [0.15, 0.2) is 0 Å². The summed E-state index contributed by atoms with van der Waals surface area (Å²) >= 11 is 0. The van der Waals surface area contributed by atoms with Gasteiger partial charge in [-0.1, -0.05) is 78.2 Å². The zero-order chi connectivity index (χ0) is 22.1. The number of carbonyl (C=O) groups is 1. The van der Waals surface area contributed by atoms with E-state index < -0.39 is 6.10 Å². The Balaban J connectivity index is 2.12. The van der Waals surface area contributed by atoms with E-state index in [9.17, 15) is 4.79 Å². The summed E-state index contributed by atoms with van der Waals surface area (Å²) in [6.07, 6.45) is 13.7. The first-order valence-corrected chi connectivity index (χ1v) is 12.1. The summed E-state index contributed by atoms with van der Waals surface area (Å²) in [6.45, 7) is 13.3. The summed E-state index contributed by atoms with van der Waals surface area (Å²) in [7, 11) is 0. The average Bonchev–Trinajstić information content (AvgIpc) is 2.70. The predicted octanol–water partition coefficient (Wildman–Crippen LogP) is 5.86. The number of carbonyl (C=O) groups excluding carboxylic acids is 1. The van der Waals surface area contributed by atoms with E-state index in [1.165, 1.54) is 57.8 Å². The lowest BCUT2D eigenvalue weighted by atomic mass is 9.84. The minimum Gasteiger partial charge on any atom is -0.454 e. The molecule has 0 bridgehead atoms. The molecule has 1 rings (SSSR count). The van der Waals surface area contributed by atoms with Crippen LogP contribution in [-0.4, -0.2) is 51.7 Å². The third-order valence-corrected chi connectivity index (χ3v) is 5.85. The molecular formula is C25H46O5. The topological polar surface area (TPSA) is 54.0 Å². The normalized spacial score (nSPS) is 16.1. The minimum absolute atomic E-state index is 0.125. The van der Waals surface area contributed by atoms with Crippen molar-refractivity contribution in [2.45, 2.75) is 97.5 Å². The molecule has 1 aliphatic heterocycles. The third-order valence-electron chi connectivity index (χ3n) is 5.85. The van der Waals surface area contributed by atoms with E-state index in [-0.39, 0.29) is 11.4 Å². The smallest absolute Gasteiger partial charge is 0.333 e. The van der Waals surface area contributed by atoms with Gasteiger partial charge in [0.05, 0.1) is 33.0 Å². The molecule has 5 nitrogen and oxygen atoms in total. The second-order valence-electron chi connectivity index (χ2n) is 8.93. The van der Waals surface area contributed by atoms with Crippen molar-refractivity contribution in [2.24, 2.45) is 5.41 Å². The summed E-state index contributed by atoms with van der Waals surface area (Å²) in [5.41, 5.74) is 0.520. The van der Waals surface area contributed by atoms with Crippen molar-refractivity contribution in [3.05, 3.63) is 12.2 Å². The summed E-state index contributed by atoms with van der Waals surface area (Å²) in [4.78, 5) is 11.9. The monoisotopic (exact) mass is 426 g/mol. The molecule has 30 heavy (non-hydrogen) atoms. The first-order chi connectivity index (χ1) is 14.5. The zero-order valence-electron chi connectivity index (χ0n) is 19.8. The van der Waals surface area contributed by atoms with Crippen LogP contribution in [0.4, 0.5) is 0 Å². The van der Waals surface area contributed by atoms with Crippen LogP contribution >= 0.6 is 0 Å². The highest BCUT2D eigenvalue weighted by molar-refractivity contribution is 5.87. The minimum atomic E-state index is -0.396. The van der Waals surface area contributed by atoms with Gasteiger partial charge in [0.1, 0.15) is 6.10 Å². The molecule has 0 N–H and O–H groups in total. The van der Waals surface area contributed by atoms with Gasteiger partial charge >= 0.3 is 5.97 Å². The van der Waals surface area contributed by atoms with Gasteiger partial charge in [-0.05, 0) is 19.8 Å². The van der Waals surface area contributed by atoms with Gasteiger partial charge in [-0.2, -0.15) is 0 Å². The highest BCUT2D eigenvalue weighted by Gasteiger charge is 2.37. The molecule has 5 heteroatoms. The molecule has 1 atom stereocenters. The molecule has 0 aromatic heterocycles. The van der Waals surface area contributed by atoms with Crippen molar-refractivity contribution in [1.29, 1.82) is 0 Å². The van der Waals surface area contributed by atoms with E-state index in [0.717, 1.165) is 26.1 Å². The number of hydrogen-bond donors (Lipinski definition) is 0. The van der Waals surface area contributed by atoms with Crippen LogP contribution in [0.25, 0.3) is 0 Å². The molecule has 1 saturated heterocycles. The van der Waals surface area contributed by atoms with Crippen molar-refractivity contribution < 1.29 is 23.7 Å². The van der Waals surface area contributed by atoms with Gasteiger partial charge in [-0.25, -0.2) is 4.79 Å². The molecule has 176 valence electrons. The largest absolute Gasteiger partial charge is 0.454 e. The zero-order valence-corrected chi connectivity index (χ0v) is 19.8. The van der Waals surface area contributed by atoms with Gasteiger partial charge < -0.3 is 18.9 Å². The Morgan fingerprint density at radius 2 is 1.50 bits per heavy atom. The van der Waals surface area contributed by atoms with Crippen LogP contribution in [0, 0.1) is 5.41 Å². The van der Waals surface area contributed by atoms with E-state index in [0.29, 0.717) is 32.0 Å². The van der Waals surface area contributed by atoms with Crippen molar-refractivity contribution in [2.75, 3.05) is 39.6 Å². The summed E-state index contributed by atoms with van der Waals surface area (Å²) < 4.78 is 22.5. The number of esters is 1. The lowest BCUT2D eigenvalue weighted by molar-refractivity contribution is -0.167. The fourth-order valence-corrected chi connectivity index (χ4v) is 3.46. The van der Waals surface area contributed by atoms with Crippen LogP contribution in [0.2, 0.25) is 0 Å². The van der Waals surface area contributed by atoms with Gasteiger partial charge in [0.2, 0.25) is 0 Å². The fourth-order valence-electron chi connectivity index (χ4n) is 3.46. The van der Waals surface area contributed by atoms with Crippen molar-refractivity contribution in [1.82, 2.24) is 0 Å². The van der Waals surface area contributed by atoms with Crippen LogP contribution in [0.5, 0.6) is 0 Å². The molecule has 1 heterocycles. The summed E-state index contributed by atoms with van der Waals surface area (Å²) in [5.74, 6) is -0.386. The lowest BCUT2D eigenvalue weighted by Crippen LogP contribution is -2.46. The van der Waals surface area contributed by atoms with Crippen LogP contribution in [-0.2, 0) is 23.7 Å². The van der Waals surface area contributed by atoms with Crippen LogP contribution in [0.15, 0.2) is 12.2 Å². The first kappa shape index (κ1) is 27.1. The maximum Gasteiger partial charge on any atom is 0.333 e. The first-order valence-electron chi connectivity index (χ1n) is 12.1. The molecule has 0 saturated carbocycles. The molecule has 0 aromatic rings. The molecule has 0 aromatic carbocycles. The summed E-state index contributed by atoms with van der Waals surface area (Å²) in [5, 5.41) is 0. The second kappa shape index (κ2) is 16.7. The van der Waals surface area contributed by atoms with Crippen LogP contribution < -0.4 is 0 Å². The Morgan fingerprint density at radius 1 is 0.933 bits per heavy atom. The molecule has 1 unspecified atom stereocenters. The highest BCUT2D eigenvalue weighted by Crippen LogP contribution is 2.31. The average molecular weight is 427 g/mol. The van der Waals surface area contributed by atoms with Crippen LogP contribution in [0.3, 0.4) is 0 Å². The standard InChI is InChI=1S/C25H46O5/c1-5-7-8-9-10-11-12-13-14-15-16-27-17-23(30-24(26)22(3)4)18-28-19-25(6-2)20-29-21-25/h23H,3,5-21H2,1-2,4H3. The fraction of sp³-hybridized carbons (Fsp3) is 0.880. The molecule has 0 amide bonds. The SMILES string of the molecule is C=C(C)C(=O)OC(COCCCCCCCCCCCC)COCC1(CC)COC1. The Kier molecular flexibility index (Phi) is 15.1. The molecule has 0 radical (unpaired) electrons. The maximum absolute atomic E-state index is 11.9. The Hall–Kier alpha value is -0.910. The Morgan fingerprint density at radius 3 is 2.00 bits per heavy atom. The molecule has 0 spiro atoms. The molecule has 1 fully saturated rings. The van der Waals surface area contributed by atoms with E-state index >= 15 is 0 Å². The maximum atomic E-state index is 11.9. The van der Waals surface area contributed by atoms with Crippen LogP contribution in [0.1, 0.15) is 91.4 Å². The number of ether oxygens (including phenoxy) is 4. The number of hydrogen-bond acceptors (Lipinski definition) is 5. The second-order valence-corrected chi connectivity index (χ2v) is 8.93.